The summed E-state index contributed by atoms with van der Waals surface area (Å²) in [5.41, 5.74) is 0.360. The first-order chi connectivity index (χ1) is 9.02. The van der Waals surface area contributed by atoms with Crippen molar-refractivity contribution < 1.29 is 4.79 Å². The van der Waals surface area contributed by atoms with Crippen molar-refractivity contribution in [3.05, 3.63) is 18.1 Å². The average Bonchev–Trinajstić information content (AvgIpc) is 2.38. The van der Waals surface area contributed by atoms with Crippen LogP contribution in [0.3, 0.4) is 0 Å². The molecule has 0 spiro atoms. The molecule has 0 radical (unpaired) electrons. The second-order valence-electron chi connectivity index (χ2n) is 5.18. The Bertz CT molecular complexity index is 389. The molecule has 0 aliphatic heterocycles. The molecule has 0 aliphatic rings. The second-order valence-corrected chi connectivity index (χ2v) is 5.18. The minimum absolute atomic E-state index is 0.164. The van der Waals surface area contributed by atoms with Gasteiger partial charge in [-0.15, -0.1) is 0 Å². The molecule has 1 aromatic heterocycles. The summed E-state index contributed by atoms with van der Waals surface area (Å²) >= 11 is 0. The first kappa shape index (κ1) is 15.4. The molecule has 1 unspecified atom stereocenters. The van der Waals surface area contributed by atoms with E-state index in [9.17, 15) is 4.79 Å². The molecule has 0 aromatic carbocycles. The number of hydrogen-bond acceptors (Lipinski definition) is 4. The molecule has 0 aliphatic carbocycles. The number of rotatable bonds is 7. The van der Waals surface area contributed by atoms with Crippen LogP contribution in [0, 0.1) is 5.92 Å². The van der Waals surface area contributed by atoms with Gasteiger partial charge in [-0.1, -0.05) is 20.8 Å². The summed E-state index contributed by atoms with van der Waals surface area (Å²) in [4.78, 5) is 20.1. The van der Waals surface area contributed by atoms with Crippen molar-refractivity contribution in [2.45, 2.75) is 46.6 Å². The molecule has 1 heterocycles. The van der Waals surface area contributed by atoms with Gasteiger partial charge in [0.15, 0.2) is 0 Å². The number of nitrogens with one attached hydrogen (secondary N) is 2. The van der Waals surface area contributed by atoms with E-state index in [4.69, 9.17) is 0 Å². The van der Waals surface area contributed by atoms with Crippen LogP contribution >= 0.6 is 0 Å². The molecular formula is C14H24N4O. The van der Waals surface area contributed by atoms with Crippen LogP contribution in [-0.4, -0.2) is 28.5 Å². The van der Waals surface area contributed by atoms with Gasteiger partial charge in [0, 0.05) is 12.6 Å². The molecular weight excluding hydrogens is 240 g/mol. The molecule has 2 N–H and O–H groups in total. The van der Waals surface area contributed by atoms with E-state index in [1.807, 2.05) is 0 Å². The minimum Gasteiger partial charge on any atom is -0.366 e. The normalized spacial score (nSPS) is 12.3. The van der Waals surface area contributed by atoms with E-state index in [1.165, 1.54) is 6.20 Å². The zero-order valence-electron chi connectivity index (χ0n) is 12.2. The molecule has 5 nitrogen and oxygen atoms in total. The van der Waals surface area contributed by atoms with Crippen molar-refractivity contribution in [1.29, 1.82) is 0 Å². The van der Waals surface area contributed by atoms with Crippen LogP contribution in [0.15, 0.2) is 12.4 Å². The molecule has 0 fully saturated rings. The van der Waals surface area contributed by atoms with Crippen LogP contribution in [0.25, 0.3) is 0 Å². The van der Waals surface area contributed by atoms with E-state index in [1.54, 1.807) is 6.20 Å². The van der Waals surface area contributed by atoms with E-state index in [-0.39, 0.29) is 5.91 Å². The summed E-state index contributed by atoms with van der Waals surface area (Å²) in [6.45, 7) is 9.10. The molecule has 0 saturated carbocycles. The van der Waals surface area contributed by atoms with Crippen molar-refractivity contribution in [1.82, 2.24) is 15.3 Å². The molecule has 0 bridgehead atoms. The summed E-state index contributed by atoms with van der Waals surface area (Å²) in [5, 5.41) is 6.05. The number of anilines is 1. The third-order valence-electron chi connectivity index (χ3n) is 2.90. The van der Waals surface area contributed by atoms with Crippen molar-refractivity contribution in [3.63, 3.8) is 0 Å². The fraction of sp³-hybridized carbons (Fsp3) is 0.643. The number of hydrogen-bond donors (Lipinski definition) is 2. The lowest BCUT2D eigenvalue weighted by molar-refractivity contribution is 0.0946. The molecule has 1 aromatic rings. The van der Waals surface area contributed by atoms with Gasteiger partial charge in [0.25, 0.3) is 5.91 Å². The average molecular weight is 264 g/mol. The molecule has 1 amide bonds. The van der Waals surface area contributed by atoms with Gasteiger partial charge in [-0.25, -0.2) is 9.97 Å². The van der Waals surface area contributed by atoms with Crippen molar-refractivity contribution in [2.24, 2.45) is 5.92 Å². The highest BCUT2D eigenvalue weighted by molar-refractivity contribution is 5.91. The smallest absolute Gasteiger partial charge is 0.271 e. The highest BCUT2D eigenvalue weighted by Crippen LogP contribution is 2.05. The Morgan fingerprint density at radius 3 is 2.53 bits per heavy atom. The Balaban J connectivity index is 2.48. The molecule has 0 saturated heterocycles. The van der Waals surface area contributed by atoms with Crippen LogP contribution < -0.4 is 10.6 Å². The van der Waals surface area contributed by atoms with E-state index in [0.717, 1.165) is 12.8 Å². The zero-order chi connectivity index (χ0) is 14.3. The Kier molecular flexibility index (Phi) is 6.25. The standard InChI is InChI=1S/C14H24N4O/c1-5-11(4)18-13-9-16-12(8-17-13)14(19)15-7-6-10(2)3/h8-11H,5-7H2,1-4H3,(H,15,19)(H,17,18). The Morgan fingerprint density at radius 2 is 2.00 bits per heavy atom. The van der Waals surface area contributed by atoms with Gasteiger partial charge in [0.2, 0.25) is 0 Å². The number of carbonyl (C=O) groups excluding carboxylic acids is 1. The highest BCUT2D eigenvalue weighted by Gasteiger charge is 2.08. The Hall–Kier alpha value is -1.65. The number of aromatic nitrogens is 2. The lowest BCUT2D eigenvalue weighted by Gasteiger charge is -2.11. The van der Waals surface area contributed by atoms with Crippen LogP contribution in [0.4, 0.5) is 5.82 Å². The maximum atomic E-state index is 11.8. The van der Waals surface area contributed by atoms with Gasteiger partial charge in [-0.3, -0.25) is 4.79 Å². The van der Waals surface area contributed by atoms with Gasteiger partial charge in [0.05, 0.1) is 12.4 Å². The van der Waals surface area contributed by atoms with Crippen LogP contribution in [0.2, 0.25) is 0 Å². The summed E-state index contributed by atoms with van der Waals surface area (Å²) in [6.07, 6.45) is 5.09. The van der Waals surface area contributed by atoms with Gasteiger partial charge in [-0.05, 0) is 25.7 Å². The van der Waals surface area contributed by atoms with E-state index in [2.05, 4.69) is 48.3 Å². The maximum absolute atomic E-state index is 11.8. The first-order valence-corrected chi connectivity index (χ1v) is 6.89. The summed E-state index contributed by atoms with van der Waals surface area (Å²) < 4.78 is 0. The predicted molar refractivity (Wildman–Crippen MR) is 77.2 cm³/mol. The van der Waals surface area contributed by atoms with E-state index >= 15 is 0 Å². The maximum Gasteiger partial charge on any atom is 0.271 e. The van der Waals surface area contributed by atoms with Crippen LogP contribution in [-0.2, 0) is 0 Å². The van der Waals surface area contributed by atoms with Gasteiger partial charge in [0.1, 0.15) is 11.5 Å². The summed E-state index contributed by atoms with van der Waals surface area (Å²) in [7, 11) is 0. The van der Waals surface area contributed by atoms with Crippen molar-refractivity contribution in [2.75, 3.05) is 11.9 Å². The largest absolute Gasteiger partial charge is 0.366 e. The Labute approximate surface area is 115 Å². The van der Waals surface area contributed by atoms with E-state index < -0.39 is 0 Å². The number of nitrogens with zero attached hydrogens (tertiary/aromatic N) is 2. The zero-order valence-corrected chi connectivity index (χ0v) is 12.2. The quantitative estimate of drug-likeness (QED) is 0.794. The minimum atomic E-state index is -0.164. The van der Waals surface area contributed by atoms with Crippen molar-refractivity contribution >= 4 is 11.7 Å². The van der Waals surface area contributed by atoms with Crippen LogP contribution in [0.1, 0.15) is 51.0 Å². The fourth-order valence-corrected chi connectivity index (χ4v) is 1.44. The third-order valence-corrected chi connectivity index (χ3v) is 2.90. The SMILES string of the molecule is CCC(C)Nc1cnc(C(=O)NCCC(C)C)cn1. The van der Waals surface area contributed by atoms with Gasteiger partial charge in [-0.2, -0.15) is 0 Å². The summed E-state index contributed by atoms with van der Waals surface area (Å²) in [6, 6.07) is 0.347. The summed E-state index contributed by atoms with van der Waals surface area (Å²) in [5.74, 6) is 1.12. The topological polar surface area (TPSA) is 66.9 Å². The molecule has 1 rings (SSSR count). The lowest BCUT2D eigenvalue weighted by Crippen LogP contribution is -2.26. The van der Waals surface area contributed by atoms with Crippen molar-refractivity contribution in [3.8, 4) is 0 Å². The van der Waals surface area contributed by atoms with Crippen LogP contribution in [0.5, 0.6) is 0 Å². The lowest BCUT2D eigenvalue weighted by atomic mass is 10.1. The number of amides is 1. The van der Waals surface area contributed by atoms with Gasteiger partial charge < -0.3 is 10.6 Å². The molecule has 1 atom stereocenters. The van der Waals surface area contributed by atoms with Gasteiger partial charge >= 0.3 is 0 Å². The number of carbonyl (C=O) groups is 1. The highest BCUT2D eigenvalue weighted by atomic mass is 16.1. The second kappa shape index (κ2) is 7.71. The predicted octanol–water partition coefficient (Wildman–Crippen LogP) is 2.46. The molecule has 19 heavy (non-hydrogen) atoms. The Morgan fingerprint density at radius 1 is 1.26 bits per heavy atom. The molecule has 5 heteroatoms. The monoisotopic (exact) mass is 264 g/mol. The fourth-order valence-electron chi connectivity index (χ4n) is 1.44. The van der Waals surface area contributed by atoms with E-state index in [0.29, 0.717) is 30.0 Å². The third kappa shape index (κ3) is 5.68. The molecule has 106 valence electrons. The first-order valence-electron chi connectivity index (χ1n) is 6.89.